The number of hydrogen-bond acceptors (Lipinski definition) is 2. The van der Waals surface area contributed by atoms with Gasteiger partial charge >= 0.3 is 6.18 Å². The van der Waals surface area contributed by atoms with Gasteiger partial charge in [0.25, 0.3) is 0 Å². The van der Waals surface area contributed by atoms with Crippen LogP contribution >= 0.6 is 15.9 Å². The van der Waals surface area contributed by atoms with E-state index in [1.807, 2.05) is 13.8 Å². The number of alkyl halides is 3. The van der Waals surface area contributed by atoms with E-state index in [-0.39, 0.29) is 16.0 Å². The standard InChI is InChI=1S/C12H15BrF3NO/c1-6(2)5-9(17)10-7(12(14,15)16)3-4-8(13)11(10)18/h3-4,6,9,18H,5,17H2,1-2H3/t9-/m1/s1. The van der Waals surface area contributed by atoms with E-state index in [1.165, 1.54) is 6.07 Å². The van der Waals surface area contributed by atoms with E-state index in [9.17, 15) is 18.3 Å². The van der Waals surface area contributed by atoms with Crippen LogP contribution in [0, 0.1) is 5.92 Å². The maximum Gasteiger partial charge on any atom is 0.416 e. The minimum absolute atomic E-state index is 0.138. The molecule has 0 aromatic heterocycles. The van der Waals surface area contributed by atoms with E-state index in [4.69, 9.17) is 5.73 Å². The molecule has 2 nitrogen and oxygen atoms in total. The molecule has 0 unspecified atom stereocenters. The maximum absolute atomic E-state index is 12.9. The van der Waals surface area contributed by atoms with Crippen LogP contribution in [0.4, 0.5) is 13.2 Å². The Kier molecular flexibility index (Phi) is 4.66. The van der Waals surface area contributed by atoms with Crippen molar-refractivity contribution in [1.29, 1.82) is 0 Å². The quantitative estimate of drug-likeness (QED) is 0.874. The van der Waals surface area contributed by atoms with Crippen molar-refractivity contribution >= 4 is 15.9 Å². The number of nitrogens with two attached hydrogens (primary N) is 1. The first-order chi connectivity index (χ1) is 8.14. The molecule has 0 saturated heterocycles. The smallest absolute Gasteiger partial charge is 0.416 e. The molecule has 0 spiro atoms. The molecule has 1 atom stereocenters. The zero-order valence-electron chi connectivity index (χ0n) is 10.1. The second-order valence-electron chi connectivity index (χ2n) is 4.59. The Bertz CT molecular complexity index is 432. The fourth-order valence-electron chi connectivity index (χ4n) is 1.83. The molecule has 1 aromatic rings. The Morgan fingerprint density at radius 2 is 1.89 bits per heavy atom. The fourth-order valence-corrected chi connectivity index (χ4v) is 2.18. The Balaban J connectivity index is 3.34. The van der Waals surface area contributed by atoms with Gasteiger partial charge < -0.3 is 10.8 Å². The van der Waals surface area contributed by atoms with E-state index < -0.39 is 23.5 Å². The van der Waals surface area contributed by atoms with E-state index in [0.717, 1.165) is 6.07 Å². The zero-order chi connectivity index (χ0) is 14.1. The monoisotopic (exact) mass is 325 g/mol. The van der Waals surface area contributed by atoms with Gasteiger partial charge in [-0.25, -0.2) is 0 Å². The van der Waals surface area contributed by atoms with Gasteiger partial charge in [0.15, 0.2) is 0 Å². The summed E-state index contributed by atoms with van der Waals surface area (Å²) in [6, 6.07) is 1.25. The van der Waals surface area contributed by atoms with Crippen molar-refractivity contribution in [3.05, 3.63) is 27.7 Å². The summed E-state index contributed by atoms with van der Waals surface area (Å²) in [5.74, 6) is -0.294. The van der Waals surface area contributed by atoms with Crippen molar-refractivity contribution in [2.45, 2.75) is 32.5 Å². The third-order valence-corrected chi connectivity index (χ3v) is 3.21. The molecule has 3 N–H and O–H groups in total. The van der Waals surface area contributed by atoms with Crippen molar-refractivity contribution in [2.75, 3.05) is 0 Å². The molecule has 0 saturated carbocycles. The van der Waals surface area contributed by atoms with Crippen molar-refractivity contribution in [3.8, 4) is 5.75 Å². The van der Waals surface area contributed by atoms with Gasteiger partial charge in [0.1, 0.15) is 5.75 Å². The summed E-state index contributed by atoms with van der Waals surface area (Å²) in [5.41, 5.74) is 4.66. The molecule has 0 aliphatic heterocycles. The highest BCUT2D eigenvalue weighted by Gasteiger charge is 2.36. The molecule has 0 bridgehead atoms. The van der Waals surface area contributed by atoms with Crippen molar-refractivity contribution in [2.24, 2.45) is 11.7 Å². The fraction of sp³-hybridized carbons (Fsp3) is 0.500. The minimum atomic E-state index is -4.53. The van der Waals surface area contributed by atoms with E-state index in [1.54, 1.807) is 0 Å². The molecule has 18 heavy (non-hydrogen) atoms. The van der Waals surface area contributed by atoms with E-state index in [2.05, 4.69) is 15.9 Å². The summed E-state index contributed by atoms with van der Waals surface area (Å²) in [6.45, 7) is 3.73. The van der Waals surface area contributed by atoms with Crippen LogP contribution in [-0.4, -0.2) is 5.11 Å². The third kappa shape index (κ3) is 3.38. The van der Waals surface area contributed by atoms with E-state index in [0.29, 0.717) is 6.42 Å². The first-order valence-corrected chi connectivity index (χ1v) is 6.28. The molecule has 0 amide bonds. The van der Waals surface area contributed by atoms with Crippen LogP contribution in [0.3, 0.4) is 0 Å². The highest BCUT2D eigenvalue weighted by molar-refractivity contribution is 9.10. The Morgan fingerprint density at radius 3 is 2.33 bits per heavy atom. The highest BCUT2D eigenvalue weighted by Crippen LogP contribution is 2.42. The van der Waals surface area contributed by atoms with Crippen molar-refractivity contribution < 1.29 is 18.3 Å². The van der Waals surface area contributed by atoms with Crippen molar-refractivity contribution in [1.82, 2.24) is 0 Å². The molecule has 6 heteroatoms. The Morgan fingerprint density at radius 1 is 1.33 bits per heavy atom. The lowest BCUT2D eigenvalue weighted by Crippen LogP contribution is -2.19. The summed E-state index contributed by atoms with van der Waals surface area (Å²) in [5, 5.41) is 9.80. The first kappa shape index (κ1) is 15.3. The zero-order valence-corrected chi connectivity index (χ0v) is 11.6. The molecule has 0 fully saturated rings. The molecular weight excluding hydrogens is 311 g/mol. The van der Waals surface area contributed by atoms with Crippen LogP contribution in [0.1, 0.15) is 37.4 Å². The van der Waals surface area contributed by atoms with Gasteiger partial charge in [-0.15, -0.1) is 0 Å². The molecule has 1 rings (SSSR count). The predicted molar refractivity (Wildman–Crippen MR) is 67.2 cm³/mol. The number of hydrogen-bond donors (Lipinski definition) is 2. The van der Waals surface area contributed by atoms with Crippen LogP contribution in [0.25, 0.3) is 0 Å². The Hall–Kier alpha value is -0.750. The molecule has 0 heterocycles. The second kappa shape index (κ2) is 5.48. The molecule has 0 radical (unpaired) electrons. The average molecular weight is 326 g/mol. The van der Waals surface area contributed by atoms with E-state index >= 15 is 0 Å². The van der Waals surface area contributed by atoms with Gasteiger partial charge in [-0.2, -0.15) is 13.2 Å². The summed E-state index contributed by atoms with van der Waals surface area (Å²) in [4.78, 5) is 0. The summed E-state index contributed by atoms with van der Waals surface area (Å²) >= 11 is 3.01. The van der Waals surface area contributed by atoms with Crippen LogP contribution in [0.5, 0.6) is 5.75 Å². The van der Waals surface area contributed by atoms with Gasteiger partial charge in [0.05, 0.1) is 10.0 Å². The van der Waals surface area contributed by atoms with Gasteiger partial charge in [0, 0.05) is 11.6 Å². The number of phenolic OH excluding ortho intramolecular Hbond substituents is 1. The van der Waals surface area contributed by atoms with Crippen LogP contribution < -0.4 is 5.73 Å². The van der Waals surface area contributed by atoms with Gasteiger partial charge in [-0.05, 0) is 40.4 Å². The van der Waals surface area contributed by atoms with Crippen LogP contribution in [0.15, 0.2) is 16.6 Å². The van der Waals surface area contributed by atoms with Gasteiger partial charge in [-0.1, -0.05) is 13.8 Å². The van der Waals surface area contributed by atoms with Crippen molar-refractivity contribution in [3.63, 3.8) is 0 Å². The predicted octanol–water partition coefficient (Wildman–Crippen LogP) is 4.22. The normalized spacial score (nSPS) is 14.0. The number of rotatable bonds is 3. The topological polar surface area (TPSA) is 46.2 Å². The molecule has 102 valence electrons. The lowest BCUT2D eigenvalue weighted by atomic mass is 9.93. The Labute approximate surface area is 112 Å². The third-order valence-electron chi connectivity index (χ3n) is 2.57. The number of halogens is 4. The minimum Gasteiger partial charge on any atom is -0.506 e. The largest absolute Gasteiger partial charge is 0.506 e. The maximum atomic E-state index is 12.9. The molecule has 0 aliphatic rings. The molecule has 0 aliphatic carbocycles. The average Bonchev–Trinajstić information content (AvgIpc) is 2.18. The lowest BCUT2D eigenvalue weighted by molar-refractivity contribution is -0.138. The van der Waals surface area contributed by atoms with Crippen LogP contribution in [-0.2, 0) is 6.18 Å². The number of benzene rings is 1. The second-order valence-corrected chi connectivity index (χ2v) is 5.45. The molecule has 1 aromatic carbocycles. The van der Waals surface area contributed by atoms with Gasteiger partial charge in [-0.3, -0.25) is 0 Å². The summed E-state index contributed by atoms with van der Waals surface area (Å²) in [6.07, 6.45) is -4.16. The summed E-state index contributed by atoms with van der Waals surface area (Å²) in [7, 11) is 0. The van der Waals surface area contributed by atoms with Gasteiger partial charge in [0.2, 0.25) is 0 Å². The first-order valence-electron chi connectivity index (χ1n) is 5.48. The highest BCUT2D eigenvalue weighted by atomic mass is 79.9. The summed E-state index contributed by atoms with van der Waals surface area (Å²) < 4.78 is 38.8. The van der Waals surface area contributed by atoms with Crippen LogP contribution in [0.2, 0.25) is 0 Å². The lowest BCUT2D eigenvalue weighted by Gasteiger charge is -2.21. The number of aromatic hydroxyl groups is 1. The molecular formula is C12H15BrF3NO. The number of phenols is 1. The SMILES string of the molecule is CC(C)C[C@@H](N)c1c(C(F)(F)F)ccc(Br)c1O.